The summed E-state index contributed by atoms with van der Waals surface area (Å²) in [5.74, 6) is 0.248. The Balaban J connectivity index is 0.736. The topological polar surface area (TPSA) is 196 Å². The third kappa shape index (κ3) is 11.1. The SMILES string of the molecule is Cc1ncsc1-c1ccc([C@H](C)NC(=O)[C@@H]2C[C@@H](O)CN2C(=O)[C@@H](NC(=O)CN2CCC(O[C@H]3C[C@@H](NC(=O)C[C@@H]4N=C(c5ccc(Cl)cc5)c5c(sc(C)c5C)-n5c(C)nnc54)C3)CC2)C(C)(C)C)cc1. The summed E-state index contributed by atoms with van der Waals surface area (Å²) < 4.78 is 8.55. The number of carbonyl (C=O) groups is 4. The predicted octanol–water partition coefficient (Wildman–Crippen LogP) is 7.12. The lowest BCUT2D eigenvalue weighted by Gasteiger charge is -2.40. The molecule has 3 aromatic heterocycles. The van der Waals surface area contributed by atoms with Crippen LogP contribution in [0.5, 0.6) is 0 Å². The number of amides is 4. The van der Waals surface area contributed by atoms with Crippen LogP contribution < -0.4 is 16.0 Å². The summed E-state index contributed by atoms with van der Waals surface area (Å²) in [5, 5.41) is 30.6. The number of aliphatic hydroxyl groups is 1. The molecule has 2 aromatic carbocycles. The maximum absolute atomic E-state index is 14.3. The fourth-order valence-electron chi connectivity index (χ4n) is 10.3. The van der Waals surface area contributed by atoms with E-state index in [0.717, 1.165) is 67.8 Å². The first-order valence-corrected chi connectivity index (χ1v) is 27.0. The van der Waals surface area contributed by atoms with E-state index in [-0.39, 0.29) is 67.9 Å². The number of piperidine rings is 1. The molecule has 4 amide bonds. The van der Waals surface area contributed by atoms with Crippen LogP contribution in [0.1, 0.15) is 123 Å². The molecule has 3 fully saturated rings. The standard InChI is InChI=1S/C53H65ClN10O6S2/c1-28-31(4)72-52-45(28)46(34-13-15-36(54)16-14-34)58-41(49-61-60-32(5)64(49)52)24-43(66)57-37-21-40(22-37)70-39-17-19-62(20-18-39)26-44(67)59-48(53(6,7)8)51(69)63-25-38(65)23-42(63)50(68)56-29(2)33-9-11-35(12-10-33)47-30(3)55-27-71-47/h9-16,27,29,37-42,48,65H,17-26H2,1-8H3,(H,56,68)(H,57,66)(H,59,67)/t29-,37-,38+,40+,41-,42-,48+/m0/s1. The number of likely N-dealkylation sites (tertiary alicyclic amines) is 2. The first-order valence-electron chi connectivity index (χ1n) is 24.9. The number of thiazole rings is 1. The van der Waals surface area contributed by atoms with E-state index in [9.17, 15) is 24.3 Å². The van der Waals surface area contributed by atoms with Crippen LogP contribution in [0.3, 0.4) is 0 Å². The Morgan fingerprint density at radius 3 is 2.26 bits per heavy atom. The summed E-state index contributed by atoms with van der Waals surface area (Å²) in [4.78, 5) is 70.8. The van der Waals surface area contributed by atoms with E-state index in [4.69, 9.17) is 21.3 Å². The third-order valence-corrected chi connectivity index (χ3v) is 17.0. The Hall–Kier alpha value is -5.37. The summed E-state index contributed by atoms with van der Waals surface area (Å²) in [7, 11) is 0. The van der Waals surface area contributed by atoms with Crippen molar-refractivity contribution >= 4 is 63.6 Å². The summed E-state index contributed by atoms with van der Waals surface area (Å²) in [6.45, 7) is 17.1. The molecule has 1 saturated carbocycles. The van der Waals surface area contributed by atoms with Crippen LogP contribution in [-0.4, -0.2) is 127 Å². The van der Waals surface area contributed by atoms with Crippen molar-refractivity contribution < 1.29 is 29.0 Å². The Bertz CT molecular complexity index is 2840. The number of ether oxygens (including phenoxy) is 1. The van der Waals surface area contributed by atoms with Crippen molar-refractivity contribution in [2.24, 2.45) is 10.4 Å². The van der Waals surface area contributed by atoms with Crippen molar-refractivity contribution in [3.8, 4) is 15.4 Å². The van der Waals surface area contributed by atoms with Crippen molar-refractivity contribution in [3.63, 3.8) is 0 Å². The molecule has 5 aromatic rings. The lowest BCUT2D eigenvalue weighted by Crippen LogP contribution is -2.59. The van der Waals surface area contributed by atoms with Gasteiger partial charge in [-0.15, -0.1) is 32.9 Å². The Morgan fingerprint density at radius 1 is 0.903 bits per heavy atom. The zero-order chi connectivity index (χ0) is 51.2. The Morgan fingerprint density at radius 2 is 1.60 bits per heavy atom. The highest BCUT2D eigenvalue weighted by Crippen LogP contribution is 2.40. The summed E-state index contributed by atoms with van der Waals surface area (Å²) in [6.07, 6.45) is 2.34. The van der Waals surface area contributed by atoms with Crippen molar-refractivity contribution in [2.75, 3.05) is 26.2 Å². The number of hydrogen-bond acceptors (Lipinski definition) is 13. The molecule has 0 bridgehead atoms. The number of aromatic nitrogens is 4. The molecular weight excluding hydrogens is 972 g/mol. The first kappa shape index (κ1) is 51.5. The van der Waals surface area contributed by atoms with Crippen LogP contribution in [-0.2, 0) is 23.9 Å². The van der Waals surface area contributed by atoms with Gasteiger partial charge < -0.3 is 30.7 Å². The summed E-state index contributed by atoms with van der Waals surface area (Å²) >= 11 is 9.53. The predicted molar refractivity (Wildman–Crippen MR) is 280 cm³/mol. The monoisotopic (exact) mass is 1040 g/mol. The summed E-state index contributed by atoms with van der Waals surface area (Å²) in [5.41, 5.74) is 7.96. The zero-order valence-electron chi connectivity index (χ0n) is 42.2. The molecule has 0 spiro atoms. The average Bonchev–Trinajstić information content (AvgIpc) is 4.10. The minimum atomic E-state index is -0.919. The highest BCUT2D eigenvalue weighted by atomic mass is 35.5. The molecule has 4 aliphatic rings. The van der Waals surface area contributed by atoms with Gasteiger partial charge in [-0.3, -0.25) is 33.6 Å². The number of fused-ring (bicyclic) bond motifs is 3. The minimum Gasteiger partial charge on any atom is -0.391 e. The normalized spacial score (nSPS) is 22.2. The number of hydrogen-bond donors (Lipinski definition) is 4. The van der Waals surface area contributed by atoms with Crippen LogP contribution in [0, 0.1) is 33.1 Å². The number of carbonyl (C=O) groups excluding carboxylic acids is 4. The molecule has 5 atom stereocenters. The smallest absolute Gasteiger partial charge is 0.246 e. The molecule has 382 valence electrons. The van der Waals surface area contributed by atoms with E-state index in [0.29, 0.717) is 36.8 Å². The molecular formula is C53H65ClN10O6S2. The van der Waals surface area contributed by atoms with Gasteiger partial charge in [0.2, 0.25) is 23.6 Å². The second-order valence-electron chi connectivity index (χ2n) is 21.0. The molecule has 16 nitrogen and oxygen atoms in total. The van der Waals surface area contributed by atoms with E-state index in [1.807, 2.05) is 100 Å². The second kappa shape index (κ2) is 21.2. The number of benzene rings is 2. The molecule has 4 N–H and O–H groups in total. The first-order chi connectivity index (χ1) is 34.3. The number of rotatable bonds is 14. The third-order valence-electron chi connectivity index (χ3n) is 14.5. The van der Waals surface area contributed by atoms with Gasteiger partial charge in [-0.1, -0.05) is 68.8 Å². The fourth-order valence-corrected chi connectivity index (χ4v) is 12.4. The molecule has 1 aliphatic carbocycles. The van der Waals surface area contributed by atoms with Crippen molar-refractivity contribution in [1.82, 2.24) is 45.5 Å². The Kier molecular flexibility index (Phi) is 15.2. The number of aliphatic imine (C=N–C) groups is 1. The van der Waals surface area contributed by atoms with Crippen molar-refractivity contribution in [1.29, 1.82) is 0 Å². The van der Waals surface area contributed by atoms with Gasteiger partial charge in [0.05, 0.1) is 59.1 Å². The number of β-amino-alcohol motifs (C(OH)–C–C–N with tert-alkyl or cyclic N) is 1. The maximum atomic E-state index is 14.3. The highest BCUT2D eigenvalue weighted by Gasteiger charge is 2.45. The molecule has 9 rings (SSSR count). The quantitative estimate of drug-likeness (QED) is 0.0890. The molecule has 0 unspecified atom stereocenters. The van der Waals surface area contributed by atoms with Crippen molar-refractivity contribution in [3.05, 3.63) is 104 Å². The van der Waals surface area contributed by atoms with Crippen LogP contribution >= 0.6 is 34.3 Å². The molecule has 0 radical (unpaired) electrons. The number of nitrogens with one attached hydrogen (secondary N) is 3. The van der Waals surface area contributed by atoms with Gasteiger partial charge in [0.25, 0.3) is 0 Å². The number of halogens is 1. The van der Waals surface area contributed by atoms with Gasteiger partial charge in [0.15, 0.2) is 5.82 Å². The molecule has 6 heterocycles. The minimum absolute atomic E-state index is 0.00137. The van der Waals surface area contributed by atoms with Gasteiger partial charge in [0.1, 0.15) is 29.0 Å². The Labute approximate surface area is 434 Å². The highest BCUT2D eigenvalue weighted by molar-refractivity contribution is 7.15. The lowest BCUT2D eigenvalue weighted by atomic mass is 9.85. The van der Waals surface area contributed by atoms with E-state index < -0.39 is 35.6 Å². The van der Waals surface area contributed by atoms with Crippen LogP contribution in [0.15, 0.2) is 59.0 Å². The number of aliphatic hydroxyl groups excluding tert-OH is 1. The molecule has 72 heavy (non-hydrogen) atoms. The van der Waals surface area contributed by atoms with Gasteiger partial charge in [-0.2, -0.15) is 0 Å². The maximum Gasteiger partial charge on any atom is 0.246 e. The largest absolute Gasteiger partial charge is 0.391 e. The zero-order valence-corrected chi connectivity index (χ0v) is 44.6. The van der Waals surface area contributed by atoms with Crippen LogP contribution in [0.2, 0.25) is 5.02 Å². The van der Waals surface area contributed by atoms with E-state index in [1.165, 1.54) is 9.78 Å². The van der Waals surface area contributed by atoms with E-state index in [2.05, 4.69) is 49.9 Å². The van der Waals surface area contributed by atoms with Gasteiger partial charge >= 0.3 is 0 Å². The number of nitrogens with zero attached hydrogens (tertiary/aromatic N) is 7. The van der Waals surface area contributed by atoms with Crippen LogP contribution in [0.4, 0.5) is 0 Å². The van der Waals surface area contributed by atoms with Gasteiger partial charge in [-0.25, -0.2) is 4.98 Å². The molecule has 19 heteroatoms. The van der Waals surface area contributed by atoms with Gasteiger partial charge in [-0.05, 0) is 94.5 Å². The molecule has 3 aliphatic heterocycles. The molecule has 2 saturated heterocycles. The van der Waals surface area contributed by atoms with Gasteiger partial charge in [0, 0.05) is 53.1 Å². The second-order valence-corrected chi connectivity index (χ2v) is 23.5. The lowest BCUT2D eigenvalue weighted by molar-refractivity contribution is -0.144. The number of thiophene rings is 1. The fraction of sp³-hybridized carbons (Fsp3) is 0.509. The summed E-state index contributed by atoms with van der Waals surface area (Å²) in [6, 6.07) is 12.9. The average molecular weight is 1040 g/mol. The van der Waals surface area contributed by atoms with Crippen molar-refractivity contribution in [2.45, 2.75) is 142 Å². The van der Waals surface area contributed by atoms with E-state index in [1.54, 1.807) is 22.7 Å². The van der Waals surface area contributed by atoms with Crippen LogP contribution in [0.25, 0.3) is 15.4 Å². The van der Waals surface area contributed by atoms with E-state index >= 15 is 0 Å². The number of aryl methyl sites for hydroxylation is 3.